The minimum Gasteiger partial charge on any atom is -0.409 e. The summed E-state index contributed by atoms with van der Waals surface area (Å²) >= 11 is 6.51. The molecular weight excluding hydrogens is 336 g/mol. The van der Waals surface area contributed by atoms with Gasteiger partial charge in [-0.3, -0.25) is 0 Å². The number of halogens is 1. The van der Waals surface area contributed by atoms with Crippen molar-refractivity contribution >= 4 is 44.9 Å². The third-order valence-corrected chi connectivity index (χ3v) is 4.92. The van der Waals surface area contributed by atoms with Crippen LogP contribution in [-0.4, -0.2) is 21.2 Å². The van der Waals surface area contributed by atoms with E-state index in [4.69, 9.17) is 10.9 Å². The van der Waals surface area contributed by atoms with Gasteiger partial charge in [-0.25, -0.2) is 0 Å². The summed E-state index contributed by atoms with van der Waals surface area (Å²) in [6.07, 6.45) is 0. The summed E-state index contributed by atoms with van der Waals surface area (Å²) in [5.41, 5.74) is 6.18. The van der Waals surface area contributed by atoms with E-state index >= 15 is 0 Å². The lowest BCUT2D eigenvalue weighted by molar-refractivity contribution is 0.318. The van der Waals surface area contributed by atoms with Gasteiger partial charge in [-0.1, -0.05) is 28.3 Å². The number of hydrogen-bond acceptors (Lipinski definition) is 6. The van der Waals surface area contributed by atoms with E-state index < -0.39 is 0 Å². The van der Waals surface area contributed by atoms with Crippen molar-refractivity contribution in [2.45, 2.75) is 16.2 Å². The molecule has 0 saturated carbocycles. The van der Waals surface area contributed by atoms with E-state index in [1.807, 2.05) is 13.0 Å². The third-order valence-electron chi connectivity index (χ3n) is 2.04. The number of benzene rings is 1. The standard InChI is InChI=1S/C10H9BrN4OS2/c1-5-13-14-10(17-5)18-8-3-2-6(4-7(8)11)9(12)15-16/h2-4,16H,1H3,(H2,12,15). The van der Waals surface area contributed by atoms with E-state index in [1.165, 1.54) is 23.1 Å². The van der Waals surface area contributed by atoms with E-state index in [0.29, 0.717) is 5.56 Å². The number of nitrogens with zero attached hydrogens (tertiary/aromatic N) is 3. The van der Waals surface area contributed by atoms with Gasteiger partial charge >= 0.3 is 0 Å². The van der Waals surface area contributed by atoms with Crippen LogP contribution in [0.1, 0.15) is 10.6 Å². The van der Waals surface area contributed by atoms with Crippen molar-refractivity contribution in [1.29, 1.82) is 0 Å². The predicted molar refractivity (Wildman–Crippen MR) is 75.4 cm³/mol. The van der Waals surface area contributed by atoms with Gasteiger partial charge in [-0.05, 0) is 41.1 Å². The first kappa shape index (κ1) is 13.3. The first-order chi connectivity index (χ1) is 8.60. The van der Waals surface area contributed by atoms with Crippen molar-refractivity contribution in [3.05, 3.63) is 33.2 Å². The van der Waals surface area contributed by atoms with E-state index in [9.17, 15) is 0 Å². The summed E-state index contributed by atoms with van der Waals surface area (Å²) in [6.45, 7) is 1.91. The monoisotopic (exact) mass is 344 g/mol. The minimum absolute atomic E-state index is 0.0824. The molecule has 0 atom stereocenters. The van der Waals surface area contributed by atoms with Crippen LogP contribution < -0.4 is 5.73 Å². The Balaban J connectivity index is 2.25. The molecule has 0 aliphatic carbocycles. The second-order valence-electron chi connectivity index (χ2n) is 3.32. The molecule has 2 aromatic rings. The number of aromatic nitrogens is 2. The molecule has 0 radical (unpaired) electrons. The molecule has 0 aliphatic heterocycles. The number of rotatable bonds is 3. The zero-order chi connectivity index (χ0) is 13.1. The molecule has 5 nitrogen and oxygen atoms in total. The molecule has 18 heavy (non-hydrogen) atoms. The maximum atomic E-state index is 8.61. The van der Waals surface area contributed by atoms with Gasteiger partial charge in [0.15, 0.2) is 10.2 Å². The Kier molecular flexibility index (Phi) is 4.20. The molecule has 0 saturated heterocycles. The van der Waals surface area contributed by atoms with Crippen LogP contribution in [0.5, 0.6) is 0 Å². The summed E-state index contributed by atoms with van der Waals surface area (Å²) in [4.78, 5) is 1.00. The second kappa shape index (κ2) is 5.68. The maximum Gasteiger partial charge on any atom is 0.179 e. The number of amidine groups is 1. The highest BCUT2D eigenvalue weighted by Crippen LogP contribution is 2.35. The third kappa shape index (κ3) is 3.01. The van der Waals surface area contributed by atoms with E-state index in [0.717, 1.165) is 18.7 Å². The van der Waals surface area contributed by atoms with Gasteiger partial charge in [0.2, 0.25) is 0 Å². The number of oxime groups is 1. The lowest BCUT2D eigenvalue weighted by atomic mass is 10.2. The number of hydrogen-bond donors (Lipinski definition) is 2. The minimum atomic E-state index is 0.0824. The number of nitrogens with two attached hydrogens (primary N) is 1. The Morgan fingerprint density at radius 3 is 2.83 bits per heavy atom. The van der Waals surface area contributed by atoms with Crippen molar-refractivity contribution < 1.29 is 5.21 Å². The normalized spacial score (nSPS) is 11.8. The summed E-state index contributed by atoms with van der Waals surface area (Å²) < 4.78 is 1.74. The van der Waals surface area contributed by atoms with E-state index in [-0.39, 0.29) is 5.84 Å². The summed E-state index contributed by atoms with van der Waals surface area (Å²) in [7, 11) is 0. The van der Waals surface area contributed by atoms with Gasteiger partial charge in [-0.15, -0.1) is 10.2 Å². The van der Waals surface area contributed by atoms with Gasteiger partial charge in [0.1, 0.15) is 5.01 Å². The van der Waals surface area contributed by atoms with Crippen LogP contribution in [0.4, 0.5) is 0 Å². The molecular formula is C10H9BrN4OS2. The predicted octanol–water partition coefficient (Wildman–Crippen LogP) is 2.85. The lowest BCUT2D eigenvalue weighted by Gasteiger charge is -2.04. The molecule has 2 rings (SSSR count). The highest BCUT2D eigenvalue weighted by Gasteiger charge is 2.09. The first-order valence-corrected chi connectivity index (χ1v) is 7.28. The fourth-order valence-corrected chi connectivity index (χ4v) is 3.61. The zero-order valence-corrected chi connectivity index (χ0v) is 12.5. The van der Waals surface area contributed by atoms with Gasteiger partial charge < -0.3 is 10.9 Å². The smallest absolute Gasteiger partial charge is 0.179 e. The lowest BCUT2D eigenvalue weighted by Crippen LogP contribution is -2.12. The molecule has 94 valence electrons. The van der Waals surface area contributed by atoms with Crippen LogP contribution in [0, 0.1) is 6.92 Å². The van der Waals surface area contributed by atoms with Crippen LogP contribution >= 0.6 is 39.0 Å². The van der Waals surface area contributed by atoms with E-state index in [1.54, 1.807) is 12.1 Å². The first-order valence-electron chi connectivity index (χ1n) is 4.85. The molecule has 0 bridgehead atoms. The van der Waals surface area contributed by atoms with Crippen LogP contribution in [0.15, 0.2) is 37.1 Å². The van der Waals surface area contributed by atoms with Crippen LogP contribution in [0.3, 0.4) is 0 Å². The maximum absolute atomic E-state index is 8.61. The highest BCUT2D eigenvalue weighted by molar-refractivity contribution is 9.10. The SMILES string of the molecule is Cc1nnc(Sc2ccc(/C(N)=N/O)cc2Br)s1. The summed E-state index contributed by atoms with van der Waals surface area (Å²) in [5.74, 6) is 0.0824. The van der Waals surface area contributed by atoms with Crippen molar-refractivity contribution in [3.8, 4) is 0 Å². The average molecular weight is 345 g/mol. The largest absolute Gasteiger partial charge is 0.409 e. The molecule has 0 aliphatic rings. The van der Waals surface area contributed by atoms with Crippen molar-refractivity contribution in [2.24, 2.45) is 10.9 Å². The molecule has 0 amide bonds. The highest BCUT2D eigenvalue weighted by atomic mass is 79.9. The zero-order valence-electron chi connectivity index (χ0n) is 9.29. The van der Waals surface area contributed by atoms with Crippen LogP contribution in [0.2, 0.25) is 0 Å². The van der Waals surface area contributed by atoms with Gasteiger partial charge in [0.25, 0.3) is 0 Å². The second-order valence-corrected chi connectivity index (χ2v) is 6.64. The quantitative estimate of drug-likeness (QED) is 0.387. The molecule has 1 aromatic heterocycles. The Morgan fingerprint density at radius 1 is 1.50 bits per heavy atom. The van der Waals surface area contributed by atoms with Crippen LogP contribution in [-0.2, 0) is 0 Å². The Bertz CT molecular complexity index is 599. The molecule has 0 fully saturated rings. The molecule has 8 heteroatoms. The van der Waals surface area contributed by atoms with E-state index in [2.05, 4.69) is 31.3 Å². The van der Waals surface area contributed by atoms with Crippen molar-refractivity contribution in [1.82, 2.24) is 10.2 Å². The van der Waals surface area contributed by atoms with Crippen molar-refractivity contribution in [2.75, 3.05) is 0 Å². The fourth-order valence-electron chi connectivity index (χ4n) is 1.21. The Hall–Kier alpha value is -1.12. The summed E-state index contributed by atoms with van der Waals surface area (Å²) in [5, 5.41) is 20.5. The molecule has 0 unspecified atom stereocenters. The summed E-state index contributed by atoms with van der Waals surface area (Å²) in [6, 6.07) is 5.47. The molecule has 1 heterocycles. The Labute approximate surface area is 120 Å². The molecule has 0 spiro atoms. The molecule has 3 N–H and O–H groups in total. The van der Waals surface area contributed by atoms with Crippen molar-refractivity contribution in [3.63, 3.8) is 0 Å². The van der Waals surface area contributed by atoms with Gasteiger partial charge in [0.05, 0.1) is 0 Å². The van der Waals surface area contributed by atoms with Gasteiger partial charge in [0, 0.05) is 14.9 Å². The van der Waals surface area contributed by atoms with Crippen LogP contribution in [0.25, 0.3) is 0 Å². The Morgan fingerprint density at radius 2 is 2.28 bits per heavy atom. The van der Waals surface area contributed by atoms with Gasteiger partial charge in [-0.2, -0.15) is 0 Å². The average Bonchev–Trinajstić information content (AvgIpc) is 2.76. The topological polar surface area (TPSA) is 84.4 Å². The fraction of sp³-hybridized carbons (Fsp3) is 0.100. The molecule has 1 aromatic carbocycles. The number of aryl methyl sites for hydroxylation is 1.